The molecule has 84 valence electrons. The van der Waals surface area contributed by atoms with Gasteiger partial charge in [-0.3, -0.25) is 0 Å². The van der Waals surface area contributed by atoms with Crippen molar-refractivity contribution in [3.05, 3.63) is 0 Å². The Labute approximate surface area is 86.5 Å². The molecule has 0 radical (unpaired) electrons. The van der Waals surface area contributed by atoms with E-state index >= 15 is 0 Å². The lowest BCUT2D eigenvalue weighted by Crippen LogP contribution is -2.51. The van der Waals surface area contributed by atoms with Crippen LogP contribution < -0.4 is 10.0 Å². The highest BCUT2D eigenvalue weighted by Gasteiger charge is 2.37. The van der Waals surface area contributed by atoms with Gasteiger partial charge in [0.25, 0.3) is 0 Å². The number of hydrogen-bond acceptors (Lipinski definition) is 3. The maximum atomic E-state index is 11.6. The average molecular weight is 220 g/mol. The number of nitrogens with one attached hydrogen (secondary N) is 2. The normalized spacial score (nSPS) is 27.1. The fraction of sp³-hybridized carbons (Fsp3) is 1.00. The smallest absolute Gasteiger partial charge is 0.214 e. The lowest BCUT2D eigenvalue weighted by molar-refractivity contribution is 0.384. The predicted octanol–water partition coefficient (Wildman–Crippen LogP) is 0.455. The molecule has 1 aliphatic rings. The van der Waals surface area contributed by atoms with Crippen molar-refractivity contribution >= 4 is 10.0 Å². The Hall–Kier alpha value is -0.130. The zero-order chi connectivity index (χ0) is 11.0. The van der Waals surface area contributed by atoms with Crippen molar-refractivity contribution in [3.63, 3.8) is 0 Å². The Morgan fingerprint density at radius 2 is 2.00 bits per heavy atom. The SMILES string of the molecule is CC(C)S(=O)(=O)NC1CCNC1(C)C. The van der Waals surface area contributed by atoms with Crippen LogP contribution in [-0.4, -0.2) is 31.8 Å². The van der Waals surface area contributed by atoms with E-state index in [0.717, 1.165) is 13.0 Å². The summed E-state index contributed by atoms with van der Waals surface area (Å²) in [5, 5.41) is 2.92. The molecule has 2 N–H and O–H groups in total. The molecule has 5 heteroatoms. The van der Waals surface area contributed by atoms with Gasteiger partial charge >= 0.3 is 0 Å². The van der Waals surface area contributed by atoms with Crippen LogP contribution in [-0.2, 0) is 10.0 Å². The Bertz CT molecular complexity index is 296. The molecule has 0 bridgehead atoms. The summed E-state index contributed by atoms with van der Waals surface area (Å²) < 4.78 is 26.0. The quantitative estimate of drug-likeness (QED) is 0.726. The first-order valence-corrected chi connectivity index (χ1v) is 6.56. The number of hydrogen-bond donors (Lipinski definition) is 2. The second-order valence-electron chi connectivity index (χ2n) is 4.70. The molecule has 0 aromatic carbocycles. The molecule has 1 rings (SSSR count). The van der Waals surface area contributed by atoms with Crippen molar-refractivity contribution in [2.45, 2.75) is 50.9 Å². The van der Waals surface area contributed by atoms with E-state index in [1.807, 2.05) is 13.8 Å². The van der Waals surface area contributed by atoms with Gasteiger partial charge in [0.2, 0.25) is 10.0 Å². The molecule has 1 saturated heterocycles. The van der Waals surface area contributed by atoms with E-state index in [4.69, 9.17) is 0 Å². The molecular weight excluding hydrogens is 200 g/mol. The fourth-order valence-electron chi connectivity index (χ4n) is 1.56. The van der Waals surface area contributed by atoms with Gasteiger partial charge in [0, 0.05) is 11.6 Å². The molecular formula is C9H20N2O2S. The first-order chi connectivity index (χ1) is 6.26. The molecule has 0 amide bonds. The molecule has 0 aromatic rings. The van der Waals surface area contributed by atoms with Gasteiger partial charge in [0.05, 0.1) is 5.25 Å². The summed E-state index contributed by atoms with van der Waals surface area (Å²) in [4.78, 5) is 0. The standard InChI is InChI=1S/C9H20N2O2S/c1-7(2)14(12,13)11-8-5-6-10-9(8,3)4/h7-8,10-11H,5-6H2,1-4H3. The highest BCUT2D eigenvalue weighted by Crippen LogP contribution is 2.19. The van der Waals surface area contributed by atoms with Crippen molar-refractivity contribution < 1.29 is 8.42 Å². The minimum Gasteiger partial charge on any atom is -0.310 e. The van der Waals surface area contributed by atoms with Crippen LogP contribution in [0.3, 0.4) is 0 Å². The van der Waals surface area contributed by atoms with Crippen molar-refractivity contribution in [3.8, 4) is 0 Å². The molecule has 1 unspecified atom stereocenters. The van der Waals surface area contributed by atoms with Crippen LogP contribution in [0.2, 0.25) is 0 Å². The Morgan fingerprint density at radius 3 is 2.36 bits per heavy atom. The molecule has 14 heavy (non-hydrogen) atoms. The molecule has 0 saturated carbocycles. The van der Waals surface area contributed by atoms with E-state index in [2.05, 4.69) is 10.0 Å². The minimum atomic E-state index is -3.14. The van der Waals surface area contributed by atoms with Crippen LogP contribution in [0.1, 0.15) is 34.1 Å². The first kappa shape index (κ1) is 11.9. The Balaban J connectivity index is 2.70. The average Bonchev–Trinajstić information content (AvgIpc) is 2.30. The van der Waals surface area contributed by atoms with Crippen molar-refractivity contribution in [1.82, 2.24) is 10.0 Å². The van der Waals surface area contributed by atoms with Gasteiger partial charge in [0.1, 0.15) is 0 Å². The Morgan fingerprint density at radius 1 is 1.43 bits per heavy atom. The first-order valence-electron chi connectivity index (χ1n) is 5.02. The zero-order valence-electron chi connectivity index (χ0n) is 9.29. The third-order valence-electron chi connectivity index (χ3n) is 2.81. The highest BCUT2D eigenvalue weighted by atomic mass is 32.2. The van der Waals surface area contributed by atoms with Crippen LogP contribution in [0.15, 0.2) is 0 Å². The van der Waals surface area contributed by atoms with Crippen LogP contribution in [0.5, 0.6) is 0 Å². The molecule has 1 aliphatic heterocycles. The van der Waals surface area contributed by atoms with Gasteiger partial charge in [-0.1, -0.05) is 0 Å². The lowest BCUT2D eigenvalue weighted by Gasteiger charge is -2.28. The van der Waals surface area contributed by atoms with Gasteiger partial charge in [-0.25, -0.2) is 13.1 Å². The summed E-state index contributed by atoms with van der Waals surface area (Å²) in [6.07, 6.45) is 0.860. The predicted molar refractivity (Wildman–Crippen MR) is 57.7 cm³/mol. The second-order valence-corrected chi connectivity index (χ2v) is 6.97. The third-order valence-corrected chi connectivity index (χ3v) is 4.67. The molecule has 0 aromatic heterocycles. The summed E-state index contributed by atoms with van der Waals surface area (Å²) in [6, 6.07) is 0.00917. The zero-order valence-corrected chi connectivity index (χ0v) is 10.1. The monoisotopic (exact) mass is 220 g/mol. The maximum Gasteiger partial charge on any atom is 0.214 e. The van der Waals surface area contributed by atoms with E-state index in [1.165, 1.54) is 0 Å². The van der Waals surface area contributed by atoms with Gasteiger partial charge in [-0.2, -0.15) is 0 Å². The minimum absolute atomic E-state index is 0.00917. The summed E-state index contributed by atoms with van der Waals surface area (Å²) in [7, 11) is -3.14. The van der Waals surface area contributed by atoms with Crippen molar-refractivity contribution in [2.24, 2.45) is 0 Å². The van der Waals surface area contributed by atoms with Crippen LogP contribution in [0, 0.1) is 0 Å². The molecule has 1 heterocycles. The highest BCUT2D eigenvalue weighted by molar-refractivity contribution is 7.90. The molecule has 1 fully saturated rings. The van der Waals surface area contributed by atoms with Crippen LogP contribution in [0.25, 0.3) is 0 Å². The maximum absolute atomic E-state index is 11.6. The van der Waals surface area contributed by atoms with Crippen molar-refractivity contribution in [2.75, 3.05) is 6.54 Å². The molecule has 0 spiro atoms. The lowest BCUT2D eigenvalue weighted by atomic mass is 9.98. The second kappa shape index (κ2) is 3.79. The molecule has 4 nitrogen and oxygen atoms in total. The van der Waals surface area contributed by atoms with Gasteiger partial charge in [0.15, 0.2) is 0 Å². The van der Waals surface area contributed by atoms with E-state index in [0.29, 0.717) is 0 Å². The topological polar surface area (TPSA) is 58.2 Å². The summed E-state index contributed by atoms with van der Waals surface area (Å²) in [5.74, 6) is 0. The fourth-order valence-corrected chi connectivity index (χ4v) is 2.64. The van der Waals surface area contributed by atoms with Gasteiger partial charge in [-0.15, -0.1) is 0 Å². The van der Waals surface area contributed by atoms with Crippen LogP contribution >= 0.6 is 0 Å². The van der Waals surface area contributed by atoms with E-state index in [9.17, 15) is 8.42 Å². The van der Waals surface area contributed by atoms with Gasteiger partial charge < -0.3 is 5.32 Å². The van der Waals surface area contributed by atoms with E-state index < -0.39 is 10.0 Å². The van der Waals surface area contributed by atoms with E-state index in [-0.39, 0.29) is 16.8 Å². The largest absolute Gasteiger partial charge is 0.310 e. The van der Waals surface area contributed by atoms with Crippen LogP contribution in [0.4, 0.5) is 0 Å². The van der Waals surface area contributed by atoms with Crippen molar-refractivity contribution in [1.29, 1.82) is 0 Å². The third kappa shape index (κ3) is 2.46. The van der Waals surface area contributed by atoms with Gasteiger partial charge in [-0.05, 0) is 40.7 Å². The number of rotatable bonds is 3. The summed E-state index contributed by atoms with van der Waals surface area (Å²) >= 11 is 0. The van der Waals surface area contributed by atoms with E-state index in [1.54, 1.807) is 13.8 Å². The molecule has 0 aliphatic carbocycles. The molecule has 1 atom stereocenters. The summed E-state index contributed by atoms with van der Waals surface area (Å²) in [5.41, 5.74) is -0.137. The summed E-state index contributed by atoms with van der Waals surface area (Å²) in [6.45, 7) is 8.30. The number of sulfonamides is 1. The Kier molecular flexibility index (Phi) is 3.23.